The Morgan fingerprint density at radius 2 is 2.06 bits per heavy atom. The van der Waals surface area contributed by atoms with Crippen molar-refractivity contribution in [2.24, 2.45) is 0 Å². The lowest BCUT2D eigenvalue weighted by Crippen LogP contribution is -2.28. The van der Waals surface area contributed by atoms with Gasteiger partial charge in [0, 0.05) is 6.07 Å². The lowest BCUT2D eigenvalue weighted by molar-refractivity contribution is 0.0281. The van der Waals surface area contributed by atoms with Crippen molar-refractivity contribution < 1.29 is 19.4 Å². The molecule has 100 valence electrons. The van der Waals surface area contributed by atoms with Gasteiger partial charge in [-0.1, -0.05) is 6.92 Å². The molecule has 0 aliphatic heterocycles. The van der Waals surface area contributed by atoms with E-state index in [4.69, 9.17) is 9.47 Å². The molecule has 0 saturated carbocycles. The second-order valence-electron chi connectivity index (χ2n) is 4.77. The molecular formula is C14H20O4. The van der Waals surface area contributed by atoms with Crippen molar-refractivity contribution >= 4 is 6.29 Å². The smallest absolute Gasteiger partial charge is 0.153 e. The number of hydrogen-bond donors (Lipinski definition) is 1. The molecule has 0 unspecified atom stereocenters. The minimum absolute atomic E-state index is 0.116. The molecule has 0 aliphatic rings. The molecule has 4 heteroatoms. The topological polar surface area (TPSA) is 55.8 Å². The molecule has 18 heavy (non-hydrogen) atoms. The molecule has 1 aromatic carbocycles. The Labute approximate surface area is 108 Å². The second-order valence-corrected chi connectivity index (χ2v) is 4.77. The standard InChI is InChI=1S/C14H20O4/c1-4-7-17-12-6-5-11(9-15)13(8-12)18-10-14(2,3)16/h5-6,8-9,16H,4,7,10H2,1-3H3. The zero-order valence-electron chi connectivity index (χ0n) is 11.1. The predicted octanol–water partition coefficient (Wildman–Crippen LogP) is 2.44. The zero-order valence-corrected chi connectivity index (χ0v) is 11.1. The Morgan fingerprint density at radius 1 is 1.33 bits per heavy atom. The van der Waals surface area contributed by atoms with Gasteiger partial charge in [0.1, 0.15) is 18.1 Å². The molecule has 0 fully saturated rings. The summed E-state index contributed by atoms with van der Waals surface area (Å²) in [4.78, 5) is 10.9. The molecule has 0 saturated heterocycles. The Balaban J connectivity index is 2.81. The summed E-state index contributed by atoms with van der Waals surface area (Å²) in [5.41, 5.74) is -0.497. The molecule has 0 amide bonds. The molecule has 0 spiro atoms. The zero-order chi connectivity index (χ0) is 13.6. The Bertz CT molecular complexity index is 393. The maximum absolute atomic E-state index is 10.9. The van der Waals surface area contributed by atoms with Crippen LogP contribution in [0, 0.1) is 0 Å². The molecular weight excluding hydrogens is 232 g/mol. The number of aliphatic hydroxyl groups is 1. The molecule has 1 aromatic rings. The van der Waals surface area contributed by atoms with Gasteiger partial charge in [0.05, 0.1) is 17.8 Å². The van der Waals surface area contributed by atoms with Crippen molar-refractivity contribution in [2.75, 3.05) is 13.2 Å². The van der Waals surface area contributed by atoms with Gasteiger partial charge in [-0.3, -0.25) is 4.79 Å². The van der Waals surface area contributed by atoms with Gasteiger partial charge in [0.25, 0.3) is 0 Å². The molecule has 0 aliphatic carbocycles. The number of rotatable bonds is 7. The van der Waals surface area contributed by atoms with Crippen molar-refractivity contribution in [3.63, 3.8) is 0 Å². The van der Waals surface area contributed by atoms with Crippen LogP contribution in [0.1, 0.15) is 37.6 Å². The fourth-order valence-corrected chi connectivity index (χ4v) is 1.30. The predicted molar refractivity (Wildman–Crippen MR) is 69.4 cm³/mol. The van der Waals surface area contributed by atoms with Crippen LogP contribution in [0.25, 0.3) is 0 Å². The SMILES string of the molecule is CCCOc1ccc(C=O)c(OCC(C)(C)O)c1. The highest BCUT2D eigenvalue weighted by Crippen LogP contribution is 2.24. The summed E-state index contributed by atoms with van der Waals surface area (Å²) in [6.45, 7) is 6.04. The average Bonchev–Trinajstić information content (AvgIpc) is 2.33. The molecule has 0 bridgehead atoms. The number of aldehydes is 1. The third kappa shape index (κ3) is 4.75. The highest BCUT2D eigenvalue weighted by atomic mass is 16.5. The normalized spacial score (nSPS) is 11.1. The highest BCUT2D eigenvalue weighted by molar-refractivity contribution is 5.79. The Kier molecular flexibility index (Phi) is 5.16. The van der Waals surface area contributed by atoms with Crippen molar-refractivity contribution in [3.05, 3.63) is 23.8 Å². The van der Waals surface area contributed by atoms with Crippen molar-refractivity contribution in [1.82, 2.24) is 0 Å². The van der Waals surface area contributed by atoms with Crippen LogP contribution in [-0.2, 0) is 0 Å². The summed E-state index contributed by atoms with van der Waals surface area (Å²) in [5.74, 6) is 1.09. The van der Waals surface area contributed by atoms with Crippen LogP contribution in [0.5, 0.6) is 11.5 Å². The average molecular weight is 252 g/mol. The van der Waals surface area contributed by atoms with Crippen LogP contribution in [0.15, 0.2) is 18.2 Å². The van der Waals surface area contributed by atoms with E-state index in [0.29, 0.717) is 23.7 Å². The quantitative estimate of drug-likeness (QED) is 0.757. The molecule has 4 nitrogen and oxygen atoms in total. The van der Waals surface area contributed by atoms with Crippen molar-refractivity contribution in [3.8, 4) is 11.5 Å². The minimum Gasteiger partial charge on any atom is -0.493 e. The van der Waals surface area contributed by atoms with E-state index in [2.05, 4.69) is 0 Å². The third-order valence-electron chi connectivity index (χ3n) is 2.17. The Morgan fingerprint density at radius 3 is 2.61 bits per heavy atom. The fourth-order valence-electron chi connectivity index (χ4n) is 1.30. The van der Waals surface area contributed by atoms with Gasteiger partial charge in [-0.2, -0.15) is 0 Å². The summed E-state index contributed by atoms with van der Waals surface area (Å²) in [6.07, 6.45) is 1.64. The molecule has 0 heterocycles. The van der Waals surface area contributed by atoms with E-state index in [9.17, 15) is 9.90 Å². The monoisotopic (exact) mass is 252 g/mol. The van der Waals surface area contributed by atoms with E-state index in [1.54, 1.807) is 32.0 Å². The molecule has 0 aromatic heterocycles. The summed E-state index contributed by atoms with van der Waals surface area (Å²) < 4.78 is 10.9. The third-order valence-corrected chi connectivity index (χ3v) is 2.17. The van der Waals surface area contributed by atoms with Crippen molar-refractivity contribution in [2.45, 2.75) is 32.8 Å². The van der Waals surface area contributed by atoms with Crippen LogP contribution in [0.3, 0.4) is 0 Å². The Hall–Kier alpha value is -1.55. The van der Waals surface area contributed by atoms with Crippen LogP contribution >= 0.6 is 0 Å². The van der Waals surface area contributed by atoms with E-state index in [0.717, 1.165) is 12.7 Å². The number of ether oxygens (including phenoxy) is 2. The van der Waals surface area contributed by atoms with Gasteiger partial charge >= 0.3 is 0 Å². The van der Waals surface area contributed by atoms with Gasteiger partial charge in [-0.25, -0.2) is 0 Å². The first-order valence-electron chi connectivity index (χ1n) is 6.03. The molecule has 0 radical (unpaired) electrons. The maximum atomic E-state index is 10.9. The first-order valence-corrected chi connectivity index (χ1v) is 6.03. The lowest BCUT2D eigenvalue weighted by Gasteiger charge is -2.19. The molecule has 1 rings (SSSR count). The van der Waals surface area contributed by atoms with Gasteiger partial charge in [-0.05, 0) is 32.4 Å². The first-order chi connectivity index (χ1) is 8.46. The van der Waals surface area contributed by atoms with Crippen molar-refractivity contribution in [1.29, 1.82) is 0 Å². The summed E-state index contributed by atoms with van der Waals surface area (Å²) in [5, 5.41) is 9.61. The van der Waals surface area contributed by atoms with Gasteiger partial charge < -0.3 is 14.6 Å². The van der Waals surface area contributed by atoms with Crippen LogP contribution < -0.4 is 9.47 Å². The fraction of sp³-hybridized carbons (Fsp3) is 0.500. The van der Waals surface area contributed by atoms with Gasteiger partial charge in [-0.15, -0.1) is 0 Å². The van der Waals surface area contributed by atoms with Crippen LogP contribution in [0.2, 0.25) is 0 Å². The highest BCUT2D eigenvalue weighted by Gasteiger charge is 2.15. The minimum atomic E-state index is -0.944. The summed E-state index contributed by atoms with van der Waals surface area (Å²) >= 11 is 0. The van der Waals surface area contributed by atoms with E-state index in [1.807, 2.05) is 6.92 Å². The van der Waals surface area contributed by atoms with E-state index in [1.165, 1.54) is 0 Å². The second kappa shape index (κ2) is 6.40. The largest absolute Gasteiger partial charge is 0.493 e. The van der Waals surface area contributed by atoms with Crippen LogP contribution in [0.4, 0.5) is 0 Å². The van der Waals surface area contributed by atoms with E-state index < -0.39 is 5.60 Å². The molecule has 1 N–H and O–H groups in total. The van der Waals surface area contributed by atoms with Gasteiger partial charge in [0.2, 0.25) is 0 Å². The number of carbonyl (C=O) groups excluding carboxylic acids is 1. The lowest BCUT2D eigenvalue weighted by atomic mass is 10.1. The van der Waals surface area contributed by atoms with Gasteiger partial charge in [0.15, 0.2) is 6.29 Å². The van der Waals surface area contributed by atoms with E-state index >= 15 is 0 Å². The van der Waals surface area contributed by atoms with Crippen LogP contribution in [-0.4, -0.2) is 30.2 Å². The molecule has 0 atom stereocenters. The number of carbonyl (C=O) groups is 1. The summed E-state index contributed by atoms with van der Waals surface area (Å²) in [7, 11) is 0. The number of benzene rings is 1. The number of hydrogen-bond acceptors (Lipinski definition) is 4. The maximum Gasteiger partial charge on any atom is 0.153 e. The summed E-state index contributed by atoms with van der Waals surface area (Å²) in [6, 6.07) is 5.05. The first kappa shape index (κ1) is 14.5. The van der Waals surface area contributed by atoms with E-state index in [-0.39, 0.29) is 6.61 Å².